The molecule has 0 bridgehead atoms. The third-order valence-corrected chi connectivity index (χ3v) is 3.18. The van der Waals surface area contributed by atoms with Gasteiger partial charge in [-0.15, -0.1) is 0 Å². The molecule has 0 saturated carbocycles. The van der Waals surface area contributed by atoms with Gasteiger partial charge in [0.15, 0.2) is 5.06 Å². The minimum atomic E-state index is 0.699. The summed E-state index contributed by atoms with van der Waals surface area (Å²) >= 11 is 6.70. The SMILES string of the molecule is COc1ccc(-c2cnc[nH]c2=S)s1. The van der Waals surface area contributed by atoms with Gasteiger partial charge < -0.3 is 9.72 Å². The minimum Gasteiger partial charge on any atom is -0.487 e. The highest BCUT2D eigenvalue weighted by Gasteiger charge is 2.04. The maximum atomic E-state index is 5.15. The smallest absolute Gasteiger partial charge is 0.173 e. The van der Waals surface area contributed by atoms with Crippen LogP contribution in [0.15, 0.2) is 24.7 Å². The fraction of sp³-hybridized carbons (Fsp3) is 0.111. The minimum absolute atomic E-state index is 0.699. The van der Waals surface area contributed by atoms with Crippen LogP contribution in [-0.2, 0) is 0 Å². The predicted molar refractivity (Wildman–Crippen MR) is 59.3 cm³/mol. The molecule has 2 aromatic rings. The molecule has 0 unspecified atom stereocenters. The molecule has 0 radical (unpaired) electrons. The molecule has 0 aliphatic heterocycles. The largest absolute Gasteiger partial charge is 0.487 e. The van der Waals surface area contributed by atoms with Gasteiger partial charge in [0.25, 0.3) is 0 Å². The topological polar surface area (TPSA) is 37.9 Å². The van der Waals surface area contributed by atoms with Crippen LogP contribution in [0.25, 0.3) is 10.4 Å². The van der Waals surface area contributed by atoms with E-state index in [-0.39, 0.29) is 0 Å². The molecule has 14 heavy (non-hydrogen) atoms. The Balaban J connectivity index is 2.50. The molecule has 0 amide bonds. The predicted octanol–water partition coefficient (Wildman–Crippen LogP) is 2.88. The monoisotopic (exact) mass is 224 g/mol. The van der Waals surface area contributed by atoms with Crippen molar-refractivity contribution >= 4 is 23.6 Å². The first-order valence-corrected chi connectivity index (χ1v) is 5.20. The molecular weight excluding hydrogens is 216 g/mol. The Bertz CT molecular complexity index is 489. The number of nitrogens with zero attached hydrogens (tertiary/aromatic N) is 1. The summed E-state index contributed by atoms with van der Waals surface area (Å²) in [5.74, 6) is 0. The van der Waals surface area contributed by atoms with Crippen LogP contribution in [0, 0.1) is 4.64 Å². The number of aromatic nitrogens is 2. The van der Waals surface area contributed by atoms with Crippen LogP contribution in [-0.4, -0.2) is 17.1 Å². The Hall–Kier alpha value is -1.20. The molecule has 5 heteroatoms. The third-order valence-electron chi connectivity index (χ3n) is 1.77. The van der Waals surface area contributed by atoms with E-state index >= 15 is 0 Å². The number of thiophene rings is 1. The summed E-state index contributed by atoms with van der Waals surface area (Å²) in [5.41, 5.74) is 0.941. The summed E-state index contributed by atoms with van der Waals surface area (Å²) in [6.07, 6.45) is 3.33. The van der Waals surface area contributed by atoms with E-state index in [1.54, 1.807) is 31.0 Å². The lowest BCUT2D eigenvalue weighted by Gasteiger charge is -1.95. The molecule has 2 rings (SSSR count). The summed E-state index contributed by atoms with van der Waals surface area (Å²) < 4.78 is 5.81. The van der Waals surface area contributed by atoms with Crippen molar-refractivity contribution in [2.45, 2.75) is 0 Å². The Labute approximate surface area is 90.4 Å². The highest BCUT2D eigenvalue weighted by Crippen LogP contribution is 2.32. The molecule has 0 spiro atoms. The van der Waals surface area contributed by atoms with Crippen LogP contribution in [0.5, 0.6) is 5.06 Å². The summed E-state index contributed by atoms with van der Waals surface area (Å²) in [4.78, 5) is 7.96. The van der Waals surface area contributed by atoms with Gasteiger partial charge in [-0.25, -0.2) is 4.98 Å². The van der Waals surface area contributed by atoms with Gasteiger partial charge in [-0.1, -0.05) is 23.6 Å². The second kappa shape index (κ2) is 3.89. The maximum Gasteiger partial charge on any atom is 0.173 e. The summed E-state index contributed by atoms with van der Waals surface area (Å²) in [7, 11) is 1.65. The van der Waals surface area contributed by atoms with Gasteiger partial charge in [-0.3, -0.25) is 0 Å². The van der Waals surface area contributed by atoms with Gasteiger partial charge in [0.05, 0.1) is 13.4 Å². The molecule has 72 valence electrons. The first-order valence-electron chi connectivity index (χ1n) is 3.98. The third kappa shape index (κ3) is 1.69. The van der Waals surface area contributed by atoms with Crippen LogP contribution in [0.3, 0.4) is 0 Å². The Morgan fingerprint density at radius 3 is 3.00 bits per heavy atom. The maximum absolute atomic E-state index is 5.15. The van der Waals surface area contributed by atoms with E-state index in [0.717, 1.165) is 15.5 Å². The van der Waals surface area contributed by atoms with E-state index < -0.39 is 0 Å². The van der Waals surface area contributed by atoms with Crippen LogP contribution in [0.1, 0.15) is 0 Å². The summed E-state index contributed by atoms with van der Waals surface area (Å²) in [5, 5.41) is 0.873. The van der Waals surface area contributed by atoms with Crippen molar-refractivity contribution in [1.82, 2.24) is 9.97 Å². The van der Waals surface area contributed by atoms with Crippen molar-refractivity contribution in [2.75, 3.05) is 7.11 Å². The van der Waals surface area contributed by atoms with Crippen molar-refractivity contribution in [2.24, 2.45) is 0 Å². The molecule has 2 aromatic heterocycles. The first kappa shape index (κ1) is 9.36. The molecule has 0 saturated heterocycles. The van der Waals surface area contributed by atoms with E-state index in [2.05, 4.69) is 9.97 Å². The van der Waals surface area contributed by atoms with Gasteiger partial charge >= 0.3 is 0 Å². The number of hydrogen-bond acceptors (Lipinski definition) is 4. The molecule has 2 heterocycles. The number of hydrogen-bond donors (Lipinski definition) is 1. The number of nitrogens with one attached hydrogen (secondary N) is 1. The van der Waals surface area contributed by atoms with E-state index in [4.69, 9.17) is 17.0 Å². The zero-order valence-electron chi connectivity index (χ0n) is 7.48. The highest BCUT2D eigenvalue weighted by molar-refractivity contribution is 7.71. The Kier molecular flexibility index (Phi) is 2.60. The second-order valence-corrected chi connectivity index (χ2v) is 4.07. The quantitative estimate of drug-likeness (QED) is 0.797. The average Bonchev–Trinajstić information content (AvgIpc) is 2.67. The molecule has 1 N–H and O–H groups in total. The van der Waals surface area contributed by atoms with Gasteiger partial charge in [-0.05, 0) is 12.1 Å². The lowest BCUT2D eigenvalue weighted by molar-refractivity contribution is 0.427. The zero-order chi connectivity index (χ0) is 9.97. The molecular formula is C9H8N2OS2. The van der Waals surface area contributed by atoms with Gasteiger partial charge in [0, 0.05) is 16.6 Å². The van der Waals surface area contributed by atoms with Crippen molar-refractivity contribution in [1.29, 1.82) is 0 Å². The zero-order valence-corrected chi connectivity index (χ0v) is 9.11. The fourth-order valence-corrected chi connectivity index (χ4v) is 2.21. The highest BCUT2D eigenvalue weighted by atomic mass is 32.1. The van der Waals surface area contributed by atoms with E-state index in [1.165, 1.54) is 0 Å². The van der Waals surface area contributed by atoms with Crippen molar-refractivity contribution in [3.8, 4) is 15.5 Å². The number of methoxy groups -OCH3 is 1. The second-order valence-electron chi connectivity index (χ2n) is 2.62. The lowest BCUT2D eigenvalue weighted by Crippen LogP contribution is -1.81. The standard InChI is InChI=1S/C9H8N2OS2/c1-12-8-3-2-7(14-8)6-4-10-5-11-9(6)13/h2-5H,1H3,(H,10,11,13). The van der Waals surface area contributed by atoms with Crippen LogP contribution in [0.4, 0.5) is 0 Å². The van der Waals surface area contributed by atoms with E-state index in [1.807, 2.05) is 12.1 Å². The fourth-order valence-electron chi connectivity index (χ4n) is 1.09. The van der Waals surface area contributed by atoms with Crippen LogP contribution >= 0.6 is 23.6 Å². The number of ether oxygens (including phenoxy) is 1. The molecule has 3 nitrogen and oxygen atoms in total. The molecule has 0 aromatic carbocycles. The van der Waals surface area contributed by atoms with Crippen LogP contribution < -0.4 is 4.74 Å². The Morgan fingerprint density at radius 2 is 2.36 bits per heavy atom. The lowest BCUT2D eigenvalue weighted by atomic mass is 10.3. The number of H-pyrrole nitrogens is 1. The van der Waals surface area contributed by atoms with Crippen LogP contribution in [0.2, 0.25) is 0 Å². The average molecular weight is 224 g/mol. The normalized spacial score (nSPS) is 10.1. The molecule has 0 fully saturated rings. The van der Waals surface area contributed by atoms with Crippen molar-refractivity contribution < 1.29 is 4.74 Å². The molecule has 0 atom stereocenters. The van der Waals surface area contributed by atoms with Gasteiger partial charge in [0.2, 0.25) is 0 Å². The van der Waals surface area contributed by atoms with Crippen molar-refractivity contribution in [3.63, 3.8) is 0 Å². The Morgan fingerprint density at radius 1 is 1.50 bits per heavy atom. The van der Waals surface area contributed by atoms with E-state index in [9.17, 15) is 0 Å². The molecule has 0 aliphatic rings. The summed E-state index contributed by atoms with van der Waals surface area (Å²) in [6, 6.07) is 3.89. The molecule has 0 aliphatic carbocycles. The number of aromatic amines is 1. The van der Waals surface area contributed by atoms with Gasteiger partial charge in [-0.2, -0.15) is 0 Å². The number of rotatable bonds is 2. The van der Waals surface area contributed by atoms with Crippen molar-refractivity contribution in [3.05, 3.63) is 29.3 Å². The summed E-state index contributed by atoms with van der Waals surface area (Å²) in [6.45, 7) is 0. The first-order chi connectivity index (χ1) is 6.81. The van der Waals surface area contributed by atoms with E-state index in [0.29, 0.717) is 4.64 Å². The van der Waals surface area contributed by atoms with Gasteiger partial charge in [0.1, 0.15) is 4.64 Å².